The monoisotopic (exact) mass is 776 g/mol. The van der Waals surface area contributed by atoms with Gasteiger partial charge in [-0.15, -0.1) is 11.3 Å². The number of anilines is 6. The summed E-state index contributed by atoms with van der Waals surface area (Å²) in [4.78, 5) is 5.18. The second kappa shape index (κ2) is 13.2. The van der Waals surface area contributed by atoms with Gasteiger partial charge in [0.05, 0.1) is 10.7 Å². The third-order valence-corrected chi connectivity index (χ3v) is 13.7. The molecule has 2 aliphatic heterocycles. The van der Waals surface area contributed by atoms with Crippen LogP contribution in [0.2, 0.25) is 0 Å². The minimum absolute atomic E-state index is 0.00360. The normalized spacial score (nSPS) is 14.1. The molecule has 0 radical (unpaired) electrons. The highest BCUT2D eigenvalue weighted by Gasteiger charge is 2.46. The lowest BCUT2D eigenvalue weighted by molar-refractivity contribution is 0.590. The number of benzene rings is 6. The molecule has 58 heavy (non-hydrogen) atoms. The summed E-state index contributed by atoms with van der Waals surface area (Å²) in [6, 6.07) is 49.2. The third-order valence-electron chi connectivity index (χ3n) is 12.5. The third kappa shape index (κ3) is 6.31. The fourth-order valence-electron chi connectivity index (χ4n) is 9.06. The second-order valence-corrected chi connectivity index (χ2v) is 21.8. The highest BCUT2D eigenvalue weighted by Crippen LogP contribution is 2.50. The standard InChI is InChI=1S/C54H57BN2S/c1-51(2,3)35-21-26-39(27-22-35)56-44-19-16-20-45-49(44)55(48-41-32-37(53(7,8)9)25-30-47(41)58-50(48)56)42-28-23-38(54(10,11)12)33-46(42)57(45)43-29-24-36(52(4,5)6)31-40(43)34-17-14-13-15-18-34/h13-33H,1-12H3. The molecule has 4 heteroatoms. The molecule has 292 valence electrons. The zero-order valence-corrected chi connectivity index (χ0v) is 37.3. The lowest BCUT2D eigenvalue weighted by Gasteiger charge is -2.44. The Labute approximate surface area is 351 Å². The Morgan fingerprint density at radius 2 is 0.983 bits per heavy atom. The number of fused-ring (bicyclic) bond motifs is 6. The van der Waals surface area contributed by atoms with Crippen molar-refractivity contribution in [3.63, 3.8) is 0 Å². The van der Waals surface area contributed by atoms with Crippen LogP contribution in [-0.2, 0) is 21.7 Å². The average molecular weight is 777 g/mol. The van der Waals surface area contributed by atoms with Gasteiger partial charge in [0, 0.05) is 33.0 Å². The maximum atomic E-state index is 2.61. The van der Waals surface area contributed by atoms with Gasteiger partial charge in [-0.05, 0) is 120 Å². The lowest BCUT2D eigenvalue weighted by atomic mass is 9.33. The molecule has 1 aromatic heterocycles. The van der Waals surface area contributed by atoms with Crippen molar-refractivity contribution in [1.82, 2.24) is 0 Å². The van der Waals surface area contributed by atoms with E-state index in [1.54, 1.807) is 0 Å². The Kier molecular flexibility index (Phi) is 8.77. The zero-order chi connectivity index (χ0) is 41.1. The van der Waals surface area contributed by atoms with Crippen molar-refractivity contribution in [2.75, 3.05) is 9.80 Å². The Balaban J connectivity index is 1.39. The van der Waals surface area contributed by atoms with E-state index in [1.165, 1.54) is 93.3 Å². The first-order valence-electron chi connectivity index (χ1n) is 21.1. The lowest BCUT2D eigenvalue weighted by Crippen LogP contribution is -2.61. The summed E-state index contributed by atoms with van der Waals surface area (Å²) < 4.78 is 1.34. The van der Waals surface area contributed by atoms with Crippen LogP contribution in [0.15, 0.2) is 127 Å². The van der Waals surface area contributed by atoms with Crippen molar-refractivity contribution >= 4 is 78.0 Å². The summed E-state index contributed by atoms with van der Waals surface area (Å²) in [7, 11) is 0. The molecule has 0 saturated carbocycles. The van der Waals surface area contributed by atoms with Gasteiger partial charge in [0.2, 0.25) is 0 Å². The van der Waals surface area contributed by atoms with Crippen molar-refractivity contribution in [2.45, 2.75) is 105 Å². The van der Waals surface area contributed by atoms with E-state index in [4.69, 9.17) is 0 Å². The molecule has 2 nitrogen and oxygen atoms in total. The van der Waals surface area contributed by atoms with Crippen LogP contribution in [0.4, 0.5) is 33.4 Å². The molecule has 0 amide bonds. The van der Waals surface area contributed by atoms with Crippen LogP contribution in [0, 0.1) is 0 Å². The van der Waals surface area contributed by atoms with Crippen LogP contribution in [-0.4, -0.2) is 6.71 Å². The smallest absolute Gasteiger partial charge is 0.254 e. The number of hydrogen-bond acceptors (Lipinski definition) is 3. The molecule has 0 spiro atoms. The molecule has 9 rings (SSSR count). The summed E-state index contributed by atoms with van der Waals surface area (Å²) in [6.07, 6.45) is 0. The maximum absolute atomic E-state index is 2.61. The Morgan fingerprint density at radius 3 is 1.62 bits per heavy atom. The Bertz CT molecular complexity index is 2710. The first kappa shape index (κ1) is 38.5. The molecule has 0 fully saturated rings. The SMILES string of the molecule is CC(C)(C)c1ccc(N2c3cccc4c3B(c3ccc(C(C)(C)C)cc3N4c3ccc(C(C)(C)C)cc3-c3ccccc3)c3c2sc2ccc(C(C)(C)C)cc32)cc1. The molecule has 0 bridgehead atoms. The fraction of sp³-hybridized carbons (Fsp3) is 0.296. The largest absolute Gasteiger partial charge is 0.311 e. The Morgan fingerprint density at radius 1 is 0.431 bits per heavy atom. The van der Waals surface area contributed by atoms with Gasteiger partial charge in [0.1, 0.15) is 0 Å². The summed E-state index contributed by atoms with van der Waals surface area (Å²) in [5.74, 6) is 0. The van der Waals surface area contributed by atoms with E-state index < -0.39 is 0 Å². The molecule has 0 saturated heterocycles. The van der Waals surface area contributed by atoms with Crippen LogP contribution in [0.3, 0.4) is 0 Å². The van der Waals surface area contributed by atoms with E-state index in [-0.39, 0.29) is 28.4 Å². The summed E-state index contributed by atoms with van der Waals surface area (Å²) in [6.45, 7) is 27.9. The highest BCUT2D eigenvalue weighted by atomic mass is 32.1. The fourth-order valence-corrected chi connectivity index (χ4v) is 10.3. The van der Waals surface area contributed by atoms with Gasteiger partial charge in [0.15, 0.2) is 0 Å². The van der Waals surface area contributed by atoms with Gasteiger partial charge in [0.25, 0.3) is 6.71 Å². The molecular formula is C54H57BN2S. The molecule has 6 aromatic carbocycles. The van der Waals surface area contributed by atoms with E-state index in [0.717, 1.165) is 0 Å². The van der Waals surface area contributed by atoms with Crippen LogP contribution in [0.1, 0.15) is 105 Å². The van der Waals surface area contributed by atoms with E-state index in [1.807, 2.05) is 11.3 Å². The van der Waals surface area contributed by atoms with Crippen molar-refractivity contribution in [1.29, 1.82) is 0 Å². The van der Waals surface area contributed by atoms with Crippen molar-refractivity contribution < 1.29 is 0 Å². The number of nitrogens with zero attached hydrogens (tertiary/aromatic N) is 2. The van der Waals surface area contributed by atoms with Crippen LogP contribution in [0.25, 0.3) is 21.2 Å². The molecule has 2 aliphatic rings. The van der Waals surface area contributed by atoms with E-state index in [9.17, 15) is 0 Å². The molecule has 0 aliphatic carbocycles. The topological polar surface area (TPSA) is 6.48 Å². The quantitative estimate of drug-likeness (QED) is 0.165. The first-order chi connectivity index (χ1) is 27.3. The average Bonchev–Trinajstić information content (AvgIpc) is 3.55. The summed E-state index contributed by atoms with van der Waals surface area (Å²) in [5.41, 5.74) is 18.2. The van der Waals surface area contributed by atoms with Gasteiger partial charge in [-0.25, -0.2) is 0 Å². The predicted octanol–water partition coefficient (Wildman–Crippen LogP) is 13.8. The molecule has 0 unspecified atom stereocenters. The van der Waals surface area contributed by atoms with Gasteiger partial charge in [-0.3, -0.25) is 0 Å². The summed E-state index contributed by atoms with van der Waals surface area (Å²) in [5, 5.41) is 2.69. The van der Waals surface area contributed by atoms with Gasteiger partial charge in [-0.1, -0.05) is 162 Å². The molecule has 7 aromatic rings. The van der Waals surface area contributed by atoms with Gasteiger partial charge >= 0.3 is 0 Å². The van der Waals surface area contributed by atoms with Crippen LogP contribution >= 0.6 is 11.3 Å². The van der Waals surface area contributed by atoms with Crippen molar-refractivity contribution in [3.8, 4) is 11.1 Å². The Hall–Kier alpha value is -5.06. The minimum atomic E-state index is -0.0222. The van der Waals surface area contributed by atoms with E-state index in [0.29, 0.717) is 0 Å². The molecule has 3 heterocycles. The minimum Gasteiger partial charge on any atom is -0.311 e. The number of rotatable bonds is 3. The summed E-state index contributed by atoms with van der Waals surface area (Å²) >= 11 is 1.94. The predicted molar refractivity (Wildman–Crippen MR) is 256 cm³/mol. The number of thiophene rings is 1. The second-order valence-electron chi connectivity index (χ2n) is 20.8. The maximum Gasteiger partial charge on any atom is 0.254 e. The van der Waals surface area contributed by atoms with Gasteiger partial charge in [-0.2, -0.15) is 0 Å². The molecule has 0 N–H and O–H groups in total. The highest BCUT2D eigenvalue weighted by molar-refractivity contribution is 7.26. The first-order valence-corrected chi connectivity index (χ1v) is 21.9. The van der Waals surface area contributed by atoms with Crippen molar-refractivity contribution in [2.24, 2.45) is 0 Å². The van der Waals surface area contributed by atoms with E-state index in [2.05, 4.69) is 220 Å². The zero-order valence-electron chi connectivity index (χ0n) is 36.5. The van der Waals surface area contributed by atoms with Gasteiger partial charge < -0.3 is 9.80 Å². The van der Waals surface area contributed by atoms with Crippen LogP contribution < -0.4 is 26.2 Å². The van der Waals surface area contributed by atoms with Crippen molar-refractivity contribution in [3.05, 3.63) is 150 Å². The number of hydrogen-bond donors (Lipinski definition) is 0. The van der Waals surface area contributed by atoms with E-state index >= 15 is 0 Å². The van der Waals surface area contributed by atoms with Crippen LogP contribution in [0.5, 0.6) is 0 Å². The molecule has 0 atom stereocenters. The molecular weight excluding hydrogens is 719 g/mol.